The van der Waals surface area contributed by atoms with E-state index in [2.05, 4.69) is 5.32 Å². The number of rotatable bonds is 5. The van der Waals surface area contributed by atoms with Crippen molar-refractivity contribution in [3.05, 3.63) is 54.3 Å². The van der Waals surface area contributed by atoms with Crippen molar-refractivity contribution in [2.45, 2.75) is 19.4 Å². The van der Waals surface area contributed by atoms with Crippen molar-refractivity contribution >= 4 is 23.2 Å². The summed E-state index contributed by atoms with van der Waals surface area (Å²) in [6.45, 7) is 2.48. The lowest BCUT2D eigenvalue weighted by Gasteiger charge is -2.16. The number of carbonyl (C=O) groups is 2. The van der Waals surface area contributed by atoms with E-state index in [-0.39, 0.29) is 18.2 Å². The number of amides is 2. The first-order valence-electron chi connectivity index (χ1n) is 7.70. The van der Waals surface area contributed by atoms with E-state index in [1.165, 1.54) is 24.3 Å². The molecule has 2 amide bonds. The molecule has 5 nitrogen and oxygen atoms in total. The van der Waals surface area contributed by atoms with Gasteiger partial charge in [0.2, 0.25) is 5.91 Å². The molecule has 1 N–H and O–H groups in total. The Labute approximate surface area is 139 Å². The van der Waals surface area contributed by atoms with Crippen LogP contribution in [0.3, 0.4) is 0 Å². The van der Waals surface area contributed by atoms with Crippen LogP contribution in [0.1, 0.15) is 13.3 Å². The van der Waals surface area contributed by atoms with Crippen molar-refractivity contribution < 1.29 is 18.7 Å². The Hall–Kier alpha value is -2.89. The molecule has 0 unspecified atom stereocenters. The van der Waals surface area contributed by atoms with Crippen LogP contribution in [-0.2, 0) is 9.59 Å². The Balaban J connectivity index is 1.72. The Morgan fingerprint density at radius 2 is 1.79 bits per heavy atom. The maximum Gasteiger partial charge on any atom is 0.256 e. The lowest BCUT2D eigenvalue weighted by atomic mass is 10.2. The molecule has 6 heteroatoms. The second-order valence-corrected chi connectivity index (χ2v) is 5.40. The lowest BCUT2D eigenvalue weighted by Crippen LogP contribution is -2.34. The van der Waals surface area contributed by atoms with Gasteiger partial charge in [0, 0.05) is 5.69 Å². The zero-order valence-corrected chi connectivity index (χ0v) is 13.2. The van der Waals surface area contributed by atoms with Crippen LogP contribution in [0.15, 0.2) is 48.5 Å². The number of hydrogen-bond donors (Lipinski definition) is 1. The van der Waals surface area contributed by atoms with Gasteiger partial charge in [0.1, 0.15) is 17.6 Å². The van der Waals surface area contributed by atoms with Gasteiger partial charge in [-0.15, -0.1) is 0 Å². The van der Waals surface area contributed by atoms with E-state index in [4.69, 9.17) is 4.74 Å². The van der Waals surface area contributed by atoms with Crippen LogP contribution < -0.4 is 15.0 Å². The molecular weight excluding hydrogens is 311 g/mol. The van der Waals surface area contributed by atoms with Crippen LogP contribution in [0.2, 0.25) is 0 Å². The second kappa shape index (κ2) is 6.70. The molecule has 0 bridgehead atoms. The summed E-state index contributed by atoms with van der Waals surface area (Å²) in [7, 11) is 0. The molecule has 1 atom stereocenters. The van der Waals surface area contributed by atoms with Crippen LogP contribution in [-0.4, -0.2) is 24.5 Å². The Morgan fingerprint density at radius 3 is 2.42 bits per heavy atom. The van der Waals surface area contributed by atoms with E-state index >= 15 is 0 Å². The van der Waals surface area contributed by atoms with Gasteiger partial charge in [-0.25, -0.2) is 9.29 Å². The van der Waals surface area contributed by atoms with Crippen LogP contribution in [0.4, 0.5) is 15.8 Å². The molecule has 0 aliphatic carbocycles. The third-order valence-corrected chi connectivity index (χ3v) is 3.74. The molecule has 3 rings (SSSR count). The summed E-state index contributed by atoms with van der Waals surface area (Å²) in [6, 6.07) is 11.8. The molecule has 1 heterocycles. The lowest BCUT2D eigenvalue weighted by molar-refractivity contribution is -0.121. The van der Waals surface area contributed by atoms with Gasteiger partial charge in [0.15, 0.2) is 0 Å². The maximum atomic E-state index is 13.0. The van der Waals surface area contributed by atoms with Crippen molar-refractivity contribution in [2.24, 2.45) is 0 Å². The van der Waals surface area contributed by atoms with E-state index < -0.39 is 11.9 Å². The molecule has 0 aromatic heterocycles. The highest BCUT2D eigenvalue weighted by Crippen LogP contribution is 2.25. The summed E-state index contributed by atoms with van der Waals surface area (Å²) < 4.78 is 18.4. The van der Waals surface area contributed by atoms with Gasteiger partial charge in [-0.2, -0.15) is 0 Å². The number of ether oxygens (including phenoxy) is 1. The quantitative estimate of drug-likeness (QED) is 0.857. The predicted octanol–water partition coefficient (Wildman–Crippen LogP) is 2.97. The van der Waals surface area contributed by atoms with Gasteiger partial charge in [0.25, 0.3) is 5.91 Å². The van der Waals surface area contributed by atoms with Gasteiger partial charge in [-0.3, -0.25) is 9.59 Å². The first-order valence-corrected chi connectivity index (χ1v) is 7.70. The molecular formula is C18H17FN2O3. The standard InChI is InChI=1S/C18H17FN2O3/c1-2-24-15-9-5-13(6-10-15)20-16-11-17(22)21(18(16)23)14-7-3-12(19)4-8-14/h3-10,16,20H,2,11H2,1H3/t16-/m0/s1. The largest absolute Gasteiger partial charge is 0.494 e. The van der Waals surface area contributed by atoms with Crippen LogP contribution >= 0.6 is 0 Å². The molecule has 1 aliphatic rings. The van der Waals surface area contributed by atoms with Crippen molar-refractivity contribution in [1.82, 2.24) is 0 Å². The fraction of sp³-hybridized carbons (Fsp3) is 0.222. The Morgan fingerprint density at radius 1 is 1.12 bits per heavy atom. The maximum absolute atomic E-state index is 13.0. The van der Waals surface area contributed by atoms with Crippen molar-refractivity contribution in [2.75, 3.05) is 16.8 Å². The van der Waals surface area contributed by atoms with E-state index in [0.717, 1.165) is 16.3 Å². The predicted molar refractivity (Wildman–Crippen MR) is 88.5 cm³/mol. The minimum atomic E-state index is -0.638. The van der Waals surface area contributed by atoms with Crippen molar-refractivity contribution in [1.29, 1.82) is 0 Å². The molecule has 24 heavy (non-hydrogen) atoms. The highest BCUT2D eigenvalue weighted by molar-refractivity contribution is 6.23. The normalized spacial score (nSPS) is 17.2. The molecule has 1 saturated heterocycles. The minimum absolute atomic E-state index is 0.0589. The van der Waals surface area contributed by atoms with E-state index in [1.807, 2.05) is 6.92 Å². The van der Waals surface area contributed by atoms with E-state index in [9.17, 15) is 14.0 Å². The summed E-state index contributed by atoms with van der Waals surface area (Å²) in [5, 5.41) is 3.06. The average molecular weight is 328 g/mol. The van der Waals surface area contributed by atoms with Crippen LogP contribution in [0.5, 0.6) is 5.75 Å². The first-order chi connectivity index (χ1) is 11.6. The fourth-order valence-corrected chi connectivity index (χ4v) is 2.62. The van der Waals surface area contributed by atoms with E-state index in [0.29, 0.717) is 12.3 Å². The molecule has 0 saturated carbocycles. The number of imide groups is 1. The Bertz CT molecular complexity index is 744. The zero-order valence-electron chi connectivity index (χ0n) is 13.2. The number of nitrogens with zero attached hydrogens (tertiary/aromatic N) is 1. The minimum Gasteiger partial charge on any atom is -0.494 e. The zero-order chi connectivity index (χ0) is 17.1. The number of hydrogen-bond acceptors (Lipinski definition) is 4. The number of benzene rings is 2. The van der Waals surface area contributed by atoms with Gasteiger partial charge in [-0.05, 0) is 55.5 Å². The number of carbonyl (C=O) groups excluding carboxylic acids is 2. The molecule has 2 aromatic carbocycles. The third kappa shape index (κ3) is 3.22. The summed E-state index contributed by atoms with van der Waals surface area (Å²) in [5.74, 6) is -0.331. The fourth-order valence-electron chi connectivity index (χ4n) is 2.62. The van der Waals surface area contributed by atoms with Crippen molar-refractivity contribution in [3.8, 4) is 5.75 Å². The highest BCUT2D eigenvalue weighted by atomic mass is 19.1. The van der Waals surface area contributed by atoms with Crippen LogP contribution in [0.25, 0.3) is 0 Å². The van der Waals surface area contributed by atoms with Gasteiger partial charge >= 0.3 is 0 Å². The smallest absolute Gasteiger partial charge is 0.256 e. The number of anilines is 2. The molecule has 2 aromatic rings. The monoisotopic (exact) mass is 328 g/mol. The highest BCUT2D eigenvalue weighted by Gasteiger charge is 2.39. The molecule has 0 radical (unpaired) electrons. The molecule has 1 aliphatic heterocycles. The number of halogens is 1. The topological polar surface area (TPSA) is 58.6 Å². The third-order valence-electron chi connectivity index (χ3n) is 3.74. The molecule has 0 spiro atoms. The van der Waals surface area contributed by atoms with Gasteiger partial charge < -0.3 is 10.1 Å². The summed E-state index contributed by atoms with van der Waals surface area (Å²) in [5.41, 5.74) is 1.10. The molecule has 1 fully saturated rings. The summed E-state index contributed by atoms with van der Waals surface area (Å²) >= 11 is 0. The second-order valence-electron chi connectivity index (χ2n) is 5.40. The van der Waals surface area contributed by atoms with Gasteiger partial charge in [0.05, 0.1) is 18.7 Å². The SMILES string of the molecule is CCOc1ccc(N[C@H]2CC(=O)N(c3ccc(F)cc3)C2=O)cc1. The van der Waals surface area contributed by atoms with Crippen LogP contribution in [0, 0.1) is 5.82 Å². The first kappa shape index (κ1) is 16.0. The average Bonchev–Trinajstić information content (AvgIpc) is 2.85. The van der Waals surface area contributed by atoms with E-state index in [1.54, 1.807) is 24.3 Å². The van der Waals surface area contributed by atoms with Crippen molar-refractivity contribution in [3.63, 3.8) is 0 Å². The van der Waals surface area contributed by atoms with Gasteiger partial charge in [-0.1, -0.05) is 0 Å². The Kier molecular flexibility index (Phi) is 4.46. The number of nitrogens with one attached hydrogen (secondary N) is 1. The summed E-state index contributed by atoms with van der Waals surface area (Å²) in [6.07, 6.45) is 0.0589. The summed E-state index contributed by atoms with van der Waals surface area (Å²) in [4.78, 5) is 25.7. The molecule has 124 valence electrons.